The third kappa shape index (κ3) is 3.99. The van der Waals surface area contributed by atoms with Gasteiger partial charge >= 0.3 is 5.97 Å². The predicted octanol–water partition coefficient (Wildman–Crippen LogP) is 4.34. The van der Waals surface area contributed by atoms with E-state index in [1.165, 1.54) is 0 Å². The number of anilines is 1. The van der Waals surface area contributed by atoms with Gasteiger partial charge in [-0.25, -0.2) is 0 Å². The summed E-state index contributed by atoms with van der Waals surface area (Å²) in [4.78, 5) is 10.8. The second-order valence-electron chi connectivity index (χ2n) is 4.32. The summed E-state index contributed by atoms with van der Waals surface area (Å²) in [6.07, 6.45) is 0.0267. The molecule has 20 heavy (non-hydrogen) atoms. The van der Waals surface area contributed by atoms with E-state index in [0.29, 0.717) is 11.6 Å². The van der Waals surface area contributed by atoms with Crippen LogP contribution >= 0.6 is 27.5 Å². The average molecular weight is 355 g/mol. The largest absolute Gasteiger partial charge is 0.481 e. The van der Waals surface area contributed by atoms with Gasteiger partial charge in [-0.1, -0.05) is 35.9 Å². The highest BCUT2D eigenvalue weighted by Crippen LogP contribution is 2.26. The van der Waals surface area contributed by atoms with E-state index < -0.39 is 5.97 Å². The molecule has 104 valence electrons. The van der Waals surface area contributed by atoms with Crippen molar-refractivity contribution in [3.63, 3.8) is 0 Å². The van der Waals surface area contributed by atoms with Gasteiger partial charge in [0.25, 0.3) is 0 Å². The minimum atomic E-state index is -0.830. The van der Waals surface area contributed by atoms with Gasteiger partial charge in [-0.15, -0.1) is 0 Å². The number of hydrogen-bond donors (Lipinski definition) is 2. The lowest BCUT2D eigenvalue weighted by atomic mass is 10.0. The van der Waals surface area contributed by atoms with Crippen molar-refractivity contribution < 1.29 is 9.90 Å². The van der Waals surface area contributed by atoms with Crippen LogP contribution in [0.4, 0.5) is 5.69 Å². The van der Waals surface area contributed by atoms with Gasteiger partial charge in [-0.2, -0.15) is 0 Å². The summed E-state index contributed by atoms with van der Waals surface area (Å²) in [7, 11) is 0. The molecular formula is C15H13BrClNO2. The summed E-state index contributed by atoms with van der Waals surface area (Å²) >= 11 is 9.37. The zero-order valence-electron chi connectivity index (χ0n) is 10.6. The monoisotopic (exact) mass is 353 g/mol. The van der Waals surface area contributed by atoms with Gasteiger partial charge in [0.2, 0.25) is 0 Å². The fraction of sp³-hybridized carbons (Fsp3) is 0.133. The first kappa shape index (κ1) is 14.9. The highest BCUT2D eigenvalue weighted by atomic mass is 79.9. The van der Waals surface area contributed by atoms with Crippen molar-refractivity contribution in [3.8, 4) is 0 Å². The van der Waals surface area contributed by atoms with Crippen LogP contribution in [0.25, 0.3) is 0 Å². The molecule has 0 bridgehead atoms. The van der Waals surface area contributed by atoms with Crippen LogP contribution in [0.15, 0.2) is 46.9 Å². The molecule has 5 heteroatoms. The summed E-state index contributed by atoms with van der Waals surface area (Å²) in [5.41, 5.74) is 2.67. The van der Waals surface area contributed by atoms with E-state index in [4.69, 9.17) is 16.7 Å². The molecule has 2 aromatic rings. The van der Waals surface area contributed by atoms with Crippen molar-refractivity contribution in [2.45, 2.75) is 13.0 Å². The molecule has 0 fully saturated rings. The molecule has 0 spiro atoms. The van der Waals surface area contributed by atoms with Gasteiger partial charge in [-0.3, -0.25) is 4.79 Å². The zero-order valence-corrected chi connectivity index (χ0v) is 12.9. The van der Waals surface area contributed by atoms with E-state index >= 15 is 0 Å². The average Bonchev–Trinajstić information content (AvgIpc) is 2.41. The van der Waals surface area contributed by atoms with E-state index in [9.17, 15) is 4.79 Å². The molecule has 2 aromatic carbocycles. The van der Waals surface area contributed by atoms with Crippen molar-refractivity contribution in [1.82, 2.24) is 0 Å². The Morgan fingerprint density at radius 1 is 1.20 bits per heavy atom. The fourth-order valence-electron chi connectivity index (χ4n) is 1.87. The maximum atomic E-state index is 10.8. The highest BCUT2D eigenvalue weighted by molar-refractivity contribution is 9.10. The SMILES string of the molecule is O=C(O)Cc1ccccc1CNc1ccc(Br)c(Cl)c1. The van der Waals surface area contributed by atoms with Crippen molar-refractivity contribution in [2.24, 2.45) is 0 Å². The number of carboxylic acid groups (broad SMARTS) is 1. The number of benzene rings is 2. The Hall–Kier alpha value is -1.52. The Kier molecular flexibility index (Phi) is 5.04. The molecule has 0 aliphatic heterocycles. The van der Waals surface area contributed by atoms with E-state index in [2.05, 4.69) is 21.2 Å². The van der Waals surface area contributed by atoms with Gasteiger partial charge in [0.15, 0.2) is 0 Å². The van der Waals surface area contributed by atoms with Crippen molar-refractivity contribution in [1.29, 1.82) is 0 Å². The van der Waals surface area contributed by atoms with Crippen molar-refractivity contribution in [3.05, 3.63) is 63.1 Å². The first-order valence-electron chi connectivity index (χ1n) is 6.04. The van der Waals surface area contributed by atoms with Crippen molar-refractivity contribution >= 4 is 39.2 Å². The first-order valence-corrected chi connectivity index (χ1v) is 7.21. The Morgan fingerprint density at radius 2 is 1.90 bits per heavy atom. The molecule has 0 saturated heterocycles. The summed E-state index contributed by atoms with van der Waals surface area (Å²) in [6.45, 7) is 0.557. The standard InChI is InChI=1S/C15H13BrClNO2/c16-13-6-5-12(8-14(13)17)18-9-11-4-2-1-3-10(11)7-15(19)20/h1-6,8,18H,7,9H2,(H,19,20). The maximum absolute atomic E-state index is 10.8. The van der Waals surface area contributed by atoms with E-state index in [-0.39, 0.29) is 6.42 Å². The molecular weight excluding hydrogens is 342 g/mol. The number of aliphatic carboxylic acids is 1. The molecule has 0 unspecified atom stereocenters. The van der Waals surface area contributed by atoms with E-state index in [1.807, 2.05) is 42.5 Å². The topological polar surface area (TPSA) is 49.3 Å². The van der Waals surface area contributed by atoms with Crippen LogP contribution in [0.3, 0.4) is 0 Å². The van der Waals surface area contributed by atoms with Crippen LogP contribution in [0.2, 0.25) is 5.02 Å². The van der Waals surface area contributed by atoms with Gasteiger partial charge in [-0.05, 0) is 45.3 Å². The molecule has 0 aliphatic carbocycles. The molecule has 2 rings (SSSR count). The molecule has 0 aromatic heterocycles. The molecule has 0 heterocycles. The number of hydrogen-bond acceptors (Lipinski definition) is 2. The summed E-state index contributed by atoms with van der Waals surface area (Å²) in [5, 5.41) is 12.8. The third-order valence-corrected chi connectivity index (χ3v) is 4.10. The summed E-state index contributed by atoms with van der Waals surface area (Å²) < 4.78 is 0.844. The minimum absolute atomic E-state index is 0.0267. The lowest BCUT2D eigenvalue weighted by Crippen LogP contribution is -2.07. The molecule has 0 amide bonds. The number of nitrogens with one attached hydrogen (secondary N) is 1. The smallest absolute Gasteiger partial charge is 0.307 e. The van der Waals surface area contributed by atoms with Crippen LogP contribution in [-0.2, 0) is 17.8 Å². The normalized spacial score (nSPS) is 10.3. The Balaban J connectivity index is 2.10. The van der Waals surface area contributed by atoms with Crippen molar-refractivity contribution in [2.75, 3.05) is 5.32 Å². The summed E-state index contributed by atoms with van der Waals surface area (Å²) in [6, 6.07) is 13.1. The first-order chi connectivity index (χ1) is 9.56. The fourth-order valence-corrected chi connectivity index (χ4v) is 2.30. The van der Waals surface area contributed by atoms with Crippen LogP contribution < -0.4 is 5.32 Å². The molecule has 0 saturated carbocycles. The molecule has 2 N–H and O–H groups in total. The van der Waals surface area contributed by atoms with Crippen LogP contribution in [0.5, 0.6) is 0 Å². The lowest BCUT2D eigenvalue weighted by Gasteiger charge is -2.11. The third-order valence-electron chi connectivity index (χ3n) is 2.86. The van der Waals surface area contributed by atoms with Crippen LogP contribution in [0.1, 0.15) is 11.1 Å². The second kappa shape index (κ2) is 6.77. The molecule has 3 nitrogen and oxygen atoms in total. The molecule has 0 aliphatic rings. The Bertz CT molecular complexity index is 631. The lowest BCUT2D eigenvalue weighted by molar-refractivity contribution is -0.136. The van der Waals surface area contributed by atoms with Crippen LogP contribution in [0, 0.1) is 0 Å². The van der Waals surface area contributed by atoms with Gasteiger partial charge in [0, 0.05) is 16.7 Å². The predicted molar refractivity (Wildman–Crippen MR) is 84.3 cm³/mol. The molecule has 0 radical (unpaired) electrons. The van der Waals surface area contributed by atoms with Gasteiger partial charge < -0.3 is 10.4 Å². The highest BCUT2D eigenvalue weighted by Gasteiger charge is 2.06. The number of rotatable bonds is 5. The number of carboxylic acids is 1. The minimum Gasteiger partial charge on any atom is -0.481 e. The van der Waals surface area contributed by atoms with Gasteiger partial charge in [0.1, 0.15) is 0 Å². The molecule has 0 atom stereocenters. The number of carbonyl (C=O) groups is 1. The van der Waals surface area contributed by atoms with E-state index in [1.54, 1.807) is 0 Å². The van der Waals surface area contributed by atoms with Gasteiger partial charge in [0.05, 0.1) is 11.4 Å². The quantitative estimate of drug-likeness (QED) is 0.839. The van der Waals surface area contributed by atoms with E-state index in [0.717, 1.165) is 21.3 Å². The summed E-state index contributed by atoms with van der Waals surface area (Å²) in [5.74, 6) is -0.830. The second-order valence-corrected chi connectivity index (χ2v) is 5.58. The zero-order chi connectivity index (χ0) is 14.5. The number of halogens is 2. The maximum Gasteiger partial charge on any atom is 0.307 e. The Labute approximate surface area is 130 Å². The van der Waals surface area contributed by atoms with Crippen LogP contribution in [-0.4, -0.2) is 11.1 Å². The Morgan fingerprint density at radius 3 is 2.55 bits per heavy atom.